The maximum absolute atomic E-state index is 13.6. The van der Waals surface area contributed by atoms with E-state index in [9.17, 15) is 18.0 Å². The fraction of sp³-hybridized carbons (Fsp3) is 0.231. The molecule has 1 aromatic carbocycles. The van der Waals surface area contributed by atoms with Gasteiger partial charge in [0.25, 0.3) is 5.91 Å². The Hall–Kier alpha value is -4.41. The van der Waals surface area contributed by atoms with Gasteiger partial charge in [0, 0.05) is 35.9 Å². The van der Waals surface area contributed by atoms with Crippen molar-refractivity contribution in [2.45, 2.75) is 33.9 Å². The minimum atomic E-state index is -4.66. The number of nitrogens with one attached hydrogen (secondary N) is 1. The van der Waals surface area contributed by atoms with E-state index in [1.165, 1.54) is 30.7 Å². The van der Waals surface area contributed by atoms with Crippen LogP contribution >= 0.6 is 0 Å². The molecule has 0 saturated heterocycles. The van der Waals surface area contributed by atoms with Gasteiger partial charge in [0.1, 0.15) is 0 Å². The topological polar surface area (TPSA) is 91.2 Å². The molecule has 8 nitrogen and oxygen atoms in total. The second-order valence-electron chi connectivity index (χ2n) is 6.99. The van der Waals surface area contributed by atoms with Crippen molar-refractivity contribution in [2.24, 2.45) is 0 Å². The lowest BCUT2D eigenvalue weighted by atomic mass is 10.2. The fourth-order valence-corrected chi connectivity index (χ4v) is 3.24. The Kier molecular flexibility index (Phi) is 8.83. The second-order valence-corrected chi connectivity index (χ2v) is 6.99. The van der Waals surface area contributed by atoms with Gasteiger partial charge in [-0.25, -0.2) is 9.67 Å². The van der Waals surface area contributed by atoms with Crippen molar-refractivity contribution in [3.05, 3.63) is 78.4 Å². The number of nitrogens with zero attached hydrogens (tertiary/aromatic N) is 4. The van der Waals surface area contributed by atoms with E-state index in [0.717, 1.165) is 6.07 Å². The van der Waals surface area contributed by atoms with Gasteiger partial charge in [-0.05, 0) is 42.5 Å². The number of carbonyl (C=O) groups excluding carboxylic acids is 1. The van der Waals surface area contributed by atoms with E-state index in [4.69, 9.17) is 9.47 Å². The van der Waals surface area contributed by atoms with E-state index in [1.807, 2.05) is 27.7 Å². The van der Waals surface area contributed by atoms with Crippen molar-refractivity contribution < 1.29 is 27.4 Å². The molecule has 1 aliphatic heterocycles. The van der Waals surface area contributed by atoms with Gasteiger partial charge in [-0.15, -0.1) is 0 Å². The number of fused-ring (bicyclic) bond motifs is 1. The number of hydrogen-bond acceptors (Lipinski definition) is 6. The summed E-state index contributed by atoms with van der Waals surface area (Å²) in [6.07, 6.45) is -0.544. The maximum atomic E-state index is 13.6. The largest absolute Gasteiger partial charge is 0.454 e. The Balaban J connectivity index is 0.000000907. The molecule has 0 fully saturated rings. The molecule has 0 spiro atoms. The molecule has 37 heavy (non-hydrogen) atoms. The highest BCUT2D eigenvalue weighted by atomic mass is 19.4. The van der Waals surface area contributed by atoms with Crippen LogP contribution in [0.1, 0.15) is 43.7 Å². The van der Waals surface area contributed by atoms with Crippen molar-refractivity contribution in [1.82, 2.24) is 19.7 Å². The molecular formula is C26H26F3N5O3. The molecule has 4 aromatic rings. The predicted octanol–water partition coefficient (Wildman–Crippen LogP) is 6.38. The van der Waals surface area contributed by atoms with E-state index < -0.39 is 17.8 Å². The number of hydrogen-bond donors (Lipinski definition) is 1. The van der Waals surface area contributed by atoms with Gasteiger partial charge >= 0.3 is 6.18 Å². The smallest absolute Gasteiger partial charge is 0.433 e. The van der Waals surface area contributed by atoms with Crippen molar-refractivity contribution >= 4 is 11.6 Å². The summed E-state index contributed by atoms with van der Waals surface area (Å²) in [5, 5.41) is 6.75. The van der Waals surface area contributed by atoms with Crippen LogP contribution < -0.4 is 14.8 Å². The van der Waals surface area contributed by atoms with Crippen molar-refractivity contribution in [3.8, 4) is 28.6 Å². The number of benzene rings is 1. The minimum Gasteiger partial charge on any atom is -0.454 e. The van der Waals surface area contributed by atoms with Crippen molar-refractivity contribution in [1.29, 1.82) is 0 Å². The standard InChI is InChI=1S/C22H14F3N5O3.2C2H6/c23-22(24,25)19-9-16(13-2-1-7-26-10-13)29-30(19)20-6-3-14(11-27-20)21(31)28-15-4-5-17-18(8-15)33-12-32-17;2*1-2/h1-11H,12H2,(H,28,31);2*1-2H3. The lowest BCUT2D eigenvalue weighted by Gasteiger charge is -2.10. The summed E-state index contributed by atoms with van der Waals surface area (Å²) in [6, 6.07) is 11.7. The molecule has 0 bridgehead atoms. The predicted molar refractivity (Wildman–Crippen MR) is 133 cm³/mol. The Bertz CT molecular complexity index is 1320. The van der Waals surface area contributed by atoms with E-state index >= 15 is 0 Å². The molecule has 1 aliphatic rings. The van der Waals surface area contributed by atoms with Gasteiger partial charge in [0.05, 0.1) is 11.3 Å². The first-order chi connectivity index (χ1) is 17.9. The van der Waals surface area contributed by atoms with Crippen LogP contribution in [0.5, 0.6) is 11.5 Å². The number of aromatic nitrogens is 4. The van der Waals surface area contributed by atoms with E-state index in [-0.39, 0.29) is 23.9 Å². The molecule has 0 atom stereocenters. The zero-order valence-corrected chi connectivity index (χ0v) is 20.7. The zero-order valence-electron chi connectivity index (χ0n) is 20.7. The number of anilines is 1. The summed E-state index contributed by atoms with van der Waals surface area (Å²) in [7, 11) is 0. The van der Waals surface area contributed by atoms with Gasteiger partial charge in [0.2, 0.25) is 6.79 Å². The van der Waals surface area contributed by atoms with Crippen molar-refractivity contribution in [3.63, 3.8) is 0 Å². The van der Waals surface area contributed by atoms with Gasteiger partial charge in [-0.2, -0.15) is 18.3 Å². The van der Waals surface area contributed by atoms with E-state index in [0.29, 0.717) is 27.4 Å². The molecule has 194 valence electrons. The molecular weight excluding hydrogens is 487 g/mol. The van der Waals surface area contributed by atoms with Crippen LogP contribution in [0.4, 0.5) is 18.9 Å². The highest BCUT2D eigenvalue weighted by Gasteiger charge is 2.37. The first kappa shape index (κ1) is 27.2. The third-order valence-electron chi connectivity index (χ3n) is 4.81. The Morgan fingerprint density at radius 1 is 0.973 bits per heavy atom. The first-order valence-corrected chi connectivity index (χ1v) is 11.6. The lowest BCUT2D eigenvalue weighted by molar-refractivity contribution is -0.142. The third kappa shape index (κ3) is 6.24. The normalized spacial score (nSPS) is 11.5. The number of amides is 1. The monoisotopic (exact) mass is 513 g/mol. The molecule has 0 radical (unpaired) electrons. The average Bonchev–Trinajstić information content (AvgIpc) is 3.59. The molecule has 3 aromatic heterocycles. The van der Waals surface area contributed by atoms with Crippen LogP contribution in [0.3, 0.4) is 0 Å². The van der Waals surface area contributed by atoms with E-state index in [2.05, 4.69) is 20.4 Å². The Morgan fingerprint density at radius 3 is 2.38 bits per heavy atom. The number of alkyl halides is 3. The quantitative estimate of drug-likeness (QED) is 0.340. The van der Waals surface area contributed by atoms with Crippen LogP contribution in [0, 0.1) is 0 Å². The fourth-order valence-electron chi connectivity index (χ4n) is 3.24. The SMILES string of the molecule is CC.CC.O=C(Nc1ccc2c(c1)OCO2)c1ccc(-n2nc(-c3cccnc3)cc2C(F)(F)F)nc1. The molecule has 5 rings (SSSR count). The van der Waals surface area contributed by atoms with Crippen molar-refractivity contribution in [2.75, 3.05) is 12.1 Å². The second kappa shape index (κ2) is 12.0. The number of rotatable bonds is 4. The highest BCUT2D eigenvalue weighted by Crippen LogP contribution is 2.35. The number of pyridine rings is 2. The van der Waals surface area contributed by atoms with E-state index in [1.54, 1.807) is 30.3 Å². The molecule has 0 aliphatic carbocycles. The average molecular weight is 514 g/mol. The Labute approximate surface area is 212 Å². The summed E-state index contributed by atoms with van der Waals surface area (Å²) >= 11 is 0. The summed E-state index contributed by atoms with van der Waals surface area (Å²) < 4.78 is 52.1. The Morgan fingerprint density at radius 2 is 1.73 bits per heavy atom. The number of ether oxygens (including phenoxy) is 2. The summed E-state index contributed by atoms with van der Waals surface area (Å²) in [4.78, 5) is 20.5. The van der Waals surface area contributed by atoms with Gasteiger partial charge < -0.3 is 14.8 Å². The first-order valence-electron chi connectivity index (χ1n) is 11.6. The molecule has 4 heterocycles. The van der Waals surface area contributed by atoms with Gasteiger partial charge in [-0.3, -0.25) is 9.78 Å². The van der Waals surface area contributed by atoms with Crippen LogP contribution in [0.25, 0.3) is 17.1 Å². The van der Waals surface area contributed by atoms with Crippen LogP contribution in [0.15, 0.2) is 67.1 Å². The summed E-state index contributed by atoms with van der Waals surface area (Å²) in [5.74, 6) is 0.506. The number of halogens is 3. The van der Waals surface area contributed by atoms with Crippen LogP contribution in [-0.4, -0.2) is 32.4 Å². The molecule has 0 saturated carbocycles. The molecule has 1 amide bonds. The zero-order chi connectivity index (χ0) is 27.0. The highest BCUT2D eigenvalue weighted by molar-refractivity contribution is 6.04. The number of carbonyl (C=O) groups is 1. The molecule has 1 N–H and O–H groups in total. The van der Waals surface area contributed by atoms with Gasteiger partial charge in [0.15, 0.2) is 23.0 Å². The third-order valence-corrected chi connectivity index (χ3v) is 4.81. The molecule has 0 unspecified atom stereocenters. The van der Waals surface area contributed by atoms with Crippen LogP contribution in [0.2, 0.25) is 0 Å². The molecule has 11 heteroatoms. The summed E-state index contributed by atoms with van der Waals surface area (Å²) in [6.45, 7) is 8.11. The summed E-state index contributed by atoms with van der Waals surface area (Å²) in [5.41, 5.74) is 0.167. The minimum absolute atomic E-state index is 0.0860. The maximum Gasteiger partial charge on any atom is 0.433 e. The van der Waals surface area contributed by atoms with Gasteiger partial charge in [-0.1, -0.05) is 27.7 Å². The van der Waals surface area contributed by atoms with Crippen LogP contribution in [-0.2, 0) is 6.18 Å². The lowest BCUT2D eigenvalue weighted by Crippen LogP contribution is -2.15.